The molecule has 1 aliphatic rings. The summed E-state index contributed by atoms with van der Waals surface area (Å²) in [6, 6.07) is 4.69. The molecule has 0 aliphatic carbocycles. The third-order valence-corrected chi connectivity index (χ3v) is 2.43. The number of rotatable bonds is 3. The zero-order valence-corrected chi connectivity index (χ0v) is 9.10. The van der Waals surface area contributed by atoms with Crippen LogP contribution in [0.5, 0.6) is 11.5 Å². The molecule has 1 aromatic carbocycles. The van der Waals surface area contributed by atoms with Crippen LogP contribution in [0.15, 0.2) is 18.2 Å². The second-order valence-electron chi connectivity index (χ2n) is 3.59. The number of hydrogen-bond donors (Lipinski definition) is 2. The lowest BCUT2D eigenvalue weighted by atomic mass is 10.1. The van der Waals surface area contributed by atoms with E-state index in [0.717, 1.165) is 5.56 Å². The zero-order valence-electron chi connectivity index (χ0n) is 9.10. The maximum Gasteiger partial charge on any atom is 0.414 e. The fourth-order valence-electron chi connectivity index (χ4n) is 1.59. The van der Waals surface area contributed by atoms with Gasteiger partial charge in [-0.05, 0) is 17.7 Å². The number of cyclic esters (lactones) is 1. The minimum atomic E-state index is -0.822. The van der Waals surface area contributed by atoms with Crippen molar-refractivity contribution in [2.45, 2.75) is 12.5 Å². The van der Waals surface area contributed by atoms with Crippen LogP contribution in [-0.2, 0) is 16.0 Å². The summed E-state index contributed by atoms with van der Waals surface area (Å²) in [5, 5.41) is 11.4. The Morgan fingerprint density at radius 3 is 2.82 bits per heavy atom. The number of alkyl carbamates (subject to hydrolysis) is 1. The Kier molecular flexibility index (Phi) is 2.86. The number of amides is 2. The van der Waals surface area contributed by atoms with Crippen LogP contribution >= 0.6 is 0 Å². The lowest BCUT2D eigenvalue weighted by Gasteiger charge is -2.09. The van der Waals surface area contributed by atoms with Crippen molar-refractivity contribution < 1.29 is 24.2 Å². The van der Waals surface area contributed by atoms with Gasteiger partial charge in [0.05, 0.1) is 7.11 Å². The summed E-state index contributed by atoms with van der Waals surface area (Å²) in [6.45, 7) is 0. The molecule has 90 valence electrons. The van der Waals surface area contributed by atoms with Gasteiger partial charge in [-0.2, -0.15) is 0 Å². The molecule has 1 aliphatic heterocycles. The summed E-state index contributed by atoms with van der Waals surface area (Å²) in [4.78, 5) is 22.1. The molecule has 1 fully saturated rings. The van der Waals surface area contributed by atoms with Crippen LogP contribution in [-0.4, -0.2) is 30.3 Å². The average molecular weight is 237 g/mol. The largest absolute Gasteiger partial charge is 0.504 e. The minimum Gasteiger partial charge on any atom is -0.504 e. The molecule has 0 spiro atoms. The van der Waals surface area contributed by atoms with Crippen molar-refractivity contribution in [2.75, 3.05) is 7.11 Å². The Balaban J connectivity index is 2.14. The van der Waals surface area contributed by atoms with Gasteiger partial charge < -0.3 is 14.6 Å². The van der Waals surface area contributed by atoms with Crippen molar-refractivity contribution in [3.05, 3.63) is 23.8 Å². The normalized spacial score (nSPS) is 18.8. The van der Waals surface area contributed by atoms with Gasteiger partial charge in [0, 0.05) is 6.42 Å². The topological polar surface area (TPSA) is 84.9 Å². The van der Waals surface area contributed by atoms with Gasteiger partial charge in [-0.3, -0.25) is 10.1 Å². The third-order valence-electron chi connectivity index (χ3n) is 2.43. The van der Waals surface area contributed by atoms with E-state index in [-0.39, 0.29) is 12.2 Å². The summed E-state index contributed by atoms with van der Waals surface area (Å²) in [5.74, 6) is -0.126. The predicted molar refractivity (Wildman–Crippen MR) is 56.8 cm³/mol. The first-order chi connectivity index (χ1) is 8.10. The molecule has 1 saturated heterocycles. The van der Waals surface area contributed by atoms with Gasteiger partial charge in [0.1, 0.15) is 0 Å². The fourth-order valence-corrected chi connectivity index (χ4v) is 1.59. The number of benzene rings is 1. The molecule has 0 bridgehead atoms. The number of aromatic hydroxyl groups is 1. The lowest BCUT2D eigenvalue weighted by molar-refractivity contribution is -0.123. The smallest absolute Gasteiger partial charge is 0.414 e. The molecule has 2 rings (SSSR count). The molecule has 6 nitrogen and oxygen atoms in total. The summed E-state index contributed by atoms with van der Waals surface area (Å²) in [5.41, 5.74) is 0.731. The number of nitrogens with one attached hydrogen (secondary N) is 1. The molecule has 17 heavy (non-hydrogen) atoms. The first-order valence-corrected chi connectivity index (χ1v) is 4.97. The van der Waals surface area contributed by atoms with Gasteiger partial charge in [-0.25, -0.2) is 4.79 Å². The monoisotopic (exact) mass is 237 g/mol. The van der Waals surface area contributed by atoms with E-state index in [0.29, 0.717) is 5.75 Å². The maximum atomic E-state index is 11.3. The molecule has 6 heteroatoms. The Bertz CT molecular complexity index is 471. The number of carbonyl (C=O) groups excluding carboxylic acids is 2. The van der Waals surface area contributed by atoms with E-state index in [9.17, 15) is 14.7 Å². The molecule has 0 radical (unpaired) electrons. The van der Waals surface area contributed by atoms with E-state index in [1.807, 2.05) is 5.32 Å². The number of carbonyl (C=O) groups is 2. The van der Waals surface area contributed by atoms with Crippen LogP contribution in [0, 0.1) is 0 Å². The Labute approximate surface area is 97.1 Å². The highest BCUT2D eigenvalue weighted by atomic mass is 16.6. The molecule has 1 atom stereocenters. The van der Waals surface area contributed by atoms with Gasteiger partial charge in [-0.15, -0.1) is 0 Å². The SMILES string of the molecule is COc1cc(CC2OC(=O)NC2=O)ccc1O. The summed E-state index contributed by atoms with van der Waals surface area (Å²) >= 11 is 0. The Morgan fingerprint density at radius 1 is 1.47 bits per heavy atom. The predicted octanol–water partition coefficient (Wildman–Crippen LogP) is 0.578. The number of imide groups is 1. The number of ether oxygens (including phenoxy) is 2. The van der Waals surface area contributed by atoms with Gasteiger partial charge in [0.25, 0.3) is 5.91 Å². The lowest BCUT2D eigenvalue weighted by Crippen LogP contribution is -2.25. The van der Waals surface area contributed by atoms with Crippen molar-refractivity contribution in [3.8, 4) is 11.5 Å². The van der Waals surface area contributed by atoms with Gasteiger partial charge in [0.2, 0.25) is 0 Å². The molecule has 2 N–H and O–H groups in total. The first kappa shape index (κ1) is 11.3. The van der Waals surface area contributed by atoms with Crippen LogP contribution in [0.4, 0.5) is 4.79 Å². The van der Waals surface area contributed by atoms with Crippen LogP contribution < -0.4 is 10.1 Å². The first-order valence-electron chi connectivity index (χ1n) is 4.97. The zero-order chi connectivity index (χ0) is 12.4. The third kappa shape index (κ3) is 2.30. The molecule has 1 aromatic rings. The quantitative estimate of drug-likeness (QED) is 0.803. The molecule has 2 amide bonds. The van der Waals surface area contributed by atoms with Crippen LogP contribution in [0.1, 0.15) is 5.56 Å². The second-order valence-corrected chi connectivity index (χ2v) is 3.59. The fraction of sp³-hybridized carbons (Fsp3) is 0.273. The molecular formula is C11H11NO5. The molecule has 0 aromatic heterocycles. The van der Waals surface area contributed by atoms with Crippen molar-refractivity contribution in [1.82, 2.24) is 5.32 Å². The van der Waals surface area contributed by atoms with Crippen molar-refractivity contribution in [1.29, 1.82) is 0 Å². The van der Waals surface area contributed by atoms with Gasteiger partial charge >= 0.3 is 6.09 Å². The van der Waals surface area contributed by atoms with E-state index in [2.05, 4.69) is 0 Å². The summed E-state index contributed by atoms with van der Waals surface area (Å²) < 4.78 is 9.72. The van der Waals surface area contributed by atoms with Crippen molar-refractivity contribution in [2.24, 2.45) is 0 Å². The van der Waals surface area contributed by atoms with Crippen LogP contribution in [0.25, 0.3) is 0 Å². The van der Waals surface area contributed by atoms with E-state index in [1.165, 1.54) is 13.2 Å². The van der Waals surface area contributed by atoms with Gasteiger partial charge in [0.15, 0.2) is 17.6 Å². The highest BCUT2D eigenvalue weighted by Crippen LogP contribution is 2.27. The highest BCUT2D eigenvalue weighted by molar-refractivity contribution is 6.00. The number of phenolic OH excluding ortho intramolecular Hbond substituents is 1. The number of methoxy groups -OCH3 is 1. The molecular weight excluding hydrogens is 226 g/mol. The number of hydrogen-bond acceptors (Lipinski definition) is 5. The summed E-state index contributed by atoms with van der Waals surface area (Å²) in [7, 11) is 1.43. The van der Waals surface area contributed by atoms with E-state index in [4.69, 9.17) is 9.47 Å². The van der Waals surface area contributed by atoms with Gasteiger partial charge in [-0.1, -0.05) is 6.07 Å². The molecule has 1 unspecified atom stereocenters. The highest BCUT2D eigenvalue weighted by Gasteiger charge is 2.32. The van der Waals surface area contributed by atoms with E-state index < -0.39 is 18.1 Å². The van der Waals surface area contributed by atoms with Crippen LogP contribution in [0.3, 0.4) is 0 Å². The maximum absolute atomic E-state index is 11.3. The summed E-state index contributed by atoms with van der Waals surface area (Å²) in [6.07, 6.45) is -1.31. The molecule has 0 saturated carbocycles. The standard InChI is InChI=1S/C11H11NO5/c1-16-8-4-6(2-3-7(8)13)5-9-10(14)12-11(15)17-9/h2-4,9,13H,5H2,1H3,(H,12,14,15). The molecule has 1 heterocycles. The van der Waals surface area contributed by atoms with E-state index in [1.54, 1.807) is 12.1 Å². The van der Waals surface area contributed by atoms with Crippen LogP contribution in [0.2, 0.25) is 0 Å². The number of phenols is 1. The Morgan fingerprint density at radius 2 is 2.24 bits per heavy atom. The average Bonchev–Trinajstić information content (AvgIpc) is 2.60. The minimum absolute atomic E-state index is 0.0177. The van der Waals surface area contributed by atoms with E-state index >= 15 is 0 Å². The van der Waals surface area contributed by atoms with Crippen molar-refractivity contribution >= 4 is 12.0 Å². The van der Waals surface area contributed by atoms with Crippen molar-refractivity contribution in [3.63, 3.8) is 0 Å². The second kappa shape index (κ2) is 4.32. The Hall–Kier alpha value is -2.24.